The number of hydrogen-bond donors (Lipinski definition) is 1. The molecule has 7 heteroatoms. The second-order valence-electron chi connectivity index (χ2n) is 4.22. The van der Waals surface area contributed by atoms with Gasteiger partial charge in [-0.05, 0) is 18.1 Å². The van der Waals surface area contributed by atoms with Gasteiger partial charge in [0.1, 0.15) is 0 Å². The molecule has 1 aromatic rings. The highest BCUT2D eigenvalue weighted by Crippen LogP contribution is 2.20. The lowest BCUT2D eigenvalue weighted by Crippen LogP contribution is -2.43. The molecule has 1 amide bonds. The number of carbonyl (C=O) groups is 1. The van der Waals surface area contributed by atoms with Gasteiger partial charge < -0.3 is 0 Å². The maximum atomic E-state index is 12.0. The molecule has 0 saturated carbocycles. The third kappa shape index (κ3) is 3.10. The maximum Gasteiger partial charge on any atom is 0.269 e. The zero-order valence-corrected chi connectivity index (χ0v) is 11.0. The van der Waals surface area contributed by atoms with Gasteiger partial charge in [-0.25, -0.2) is 8.42 Å². The number of carbonyl (C=O) groups excluding carboxylic acids is 1. The molecule has 2 rings (SSSR count). The fourth-order valence-electron chi connectivity index (χ4n) is 1.88. The first-order chi connectivity index (χ1) is 9.03. The number of nitrogens with one attached hydrogen (secondary N) is 1. The third-order valence-corrected chi connectivity index (χ3v) is 4.10. The molecule has 1 N–H and O–H groups in total. The van der Waals surface area contributed by atoms with Crippen LogP contribution >= 0.6 is 0 Å². The van der Waals surface area contributed by atoms with Crippen molar-refractivity contribution in [3.05, 3.63) is 35.4 Å². The predicted octanol–water partition coefficient (Wildman–Crippen LogP) is 0.781. The molecule has 0 spiro atoms. The summed E-state index contributed by atoms with van der Waals surface area (Å²) in [4.78, 5) is 14.2. The predicted molar refractivity (Wildman–Crippen MR) is 68.1 cm³/mol. The van der Waals surface area contributed by atoms with Gasteiger partial charge in [-0.3, -0.25) is 9.80 Å². The molecule has 0 aliphatic carbocycles. The van der Waals surface area contributed by atoms with Crippen LogP contribution in [0.25, 0.3) is 0 Å². The van der Waals surface area contributed by atoms with Crippen LogP contribution in [0.5, 0.6) is 0 Å². The molecule has 0 fully saturated rings. The van der Waals surface area contributed by atoms with Gasteiger partial charge in [0.25, 0.3) is 5.91 Å². The van der Waals surface area contributed by atoms with Gasteiger partial charge in [-0.2, -0.15) is 5.26 Å². The number of fused-ring (bicyclic) bond motifs is 1. The van der Waals surface area contributed by atoms with E-state index >= 15 is 0 Å². The van der Waals surface area contributed by atoms with Crippen LogP contribution in [0.3, 0.4) is 0 Å². The minimum Gasteiger partial charge on any atom is -0.268 e. The lowest BCUT2D eigenvalue weighted by atomic mass is 10.1. The highest BCUT2D eigenvalue weighted by molar-refractivity contribution is 7.89. The lowest BCUT2D eigenvalue weighted by Gasteiger charge is -2.16. The van der Waals surface area contributed by atoms with Crippen molar-refractivity contribution in [1.82, 2.24) is 9.84 Å². The molecule has 0 atom stereocenters. The Morgan fingerprint density at radius 1 is 1.37 bits per heavy atom. The molecule has 0 unspecified atom stereocenters. The number of nitriles is 1. The summed E-state index contributed by atoms with van der Waals surface area (Å²) >= 11 is 0. The summed E-state index contributed by atoms with van der Waals surface area (Å²) in [6.45, 7) is 0.229. The lowest BCUT2D eigenvalue weighted by molar-refractivity contribution is 0.0742. The van der Waals surface area contributed by atoms with Gasteiger partial charge in [-0.1, -0.05) is 18.2 Å². The average Bonchev–Trinajstić information content (AvgIpc) is 2.66. The minimum atomic E-state index is -3.58. The highest BCUT2D eigenvalue weighted by Gasteiger charge is 2.29. The first-order valence-corrected chi connectivity index (χ1v) is 7.45. The fourth-order valence-corrected chi connectivity index (χ4v) is 2.98. The number of amides is 1. The summed E-state index contributed by atoms with van der Waals surface area (Å²) in [7, 11) is -3.58. The largest absolute Gasteiger partial charge is 0.269 e. The standard InChI is InChI=1S/C12H13N3O3S/c13-7-3-4-8-19(17,18)14-15-9-10-5-1-2-6-11(10)12(15)16/h1-2,5-6,14H,3-4,8-9H2. The molecule has 1 aromatic carbocycles. The van der Waals surface area contributed by atoms with E-state index in [0.29, 0.717) is 5.56 Å². The molecule has 0 radical (unpaired) electrons. The van der Waals surface area contributed by atoms with Crippen molar-refractivity contribution < 1.29 is 13.2 Å². The number of rotatable bonds is 5. The molecule has 1 aliphatic rings. The first-order valence-electron chi connectivity index (χ1n) is 5.80. The number of benzene rings is 1. The van der Waals surface area contributed by atoms with Crippen molar-refractivity contribution in [3.8, 4) is 6.07 Å². The normalized spacial score (nSPS) is 14.3. The molecule has 19 heavy (non-hydrogen) atoms. The Morgan fingerprint density at radius 2 is 2.11 bits per heavy atom. The Bertz CT molecular complexity index is 634. The highest BCUT2D eigenvalue weighted by atomic mass is 32.2. The van der Waals surface area contributed by atoms with E-state index in [4.69, 9.17) is 5.26 Å². The van der Waals surface area contributed by atoms with Crippen LogP contribution in [-0.4, -0.2) is 25.1 Å². The van der Waals surface area contributed by atoms with E-state index in [1.165, 1.54) is 0 Å². The topological polar surface area (TPSA) is 90.3 Å². The van der Waals surface area contributed by atoms with Crippen molar-refractivity contribution in [2.75, 3.05) is 5.75 Å². The second-order valence-corrected chi connectivity index (χ2v) is 6.04. The average molecular weight is 279 g/mol. The van der Waals surface area contributed by atoms with Crippen molar-refractivity contribution in [2.24, 2.45) is 0 Å². The molecule has 0 saturated heterocycles. The van der Waals surface area contributed by atoms with Crippen LogP contribution in [0.1, 0.15) is 28.8 Å². The van der Waals surface area contributed by atoms with Gasteiger partial charge in [0.05, 0.1) is 18.4 Å². The van der Waals surface area contributed by atoms with Crippen LogP contribution in [0.4, 0.5) is 0 Å². The Hall–Kier alpha value is -1.91. The number of sulfonamides is 1. The van der Waals surface area contributed by atoms with Crippen LogP contribution < -0.4 is 4.83 Å². The van der Waals surface area contributed by atoms with E-state index < -0.39 is 10.0 Å². The molecular weight excluding hydrogens is 266 g/mol. The molecule has 100 valence electrons. The van der Waals surface area contributed by atoms with Gasteiger partial charge in [0, 0.05) is 12.0 Å². The summed E-state index contributed by atoms with van der Waals surface area (Å²) in [5.74, 6) is -0.514. The quantitative estimate of drug-likeness (QED) is 0.806. The Labute approximate surface area is 111 Å². The van der Waals surface area contributed by atoms with E-state index in [1.807, 2.05) is 6.07 Å². The van der Waals surface area contributed by atoms with E-state index in [2.05, 4.69) is 4.83 Å². The van der Waals surface area contributed by atoms with Crippen LogP contribution in [0, 0.1) is 11.3 Å². The number of hydrogen-bond acceptors (Lipinski definition) is 4. The number of nitrogens with zero attached hydrogens (tertiary/aromatic N) is 2. The minimum absolute atomic E-state index is 0.166. The van der Waals surface area contributed by atoms with Gasteiger partial charge in [-0.15, -0.1) is 4.83 Å². The second kappa shape index (κ2) is 5.38. The van der Waals surface area contributed by atoms with Gasteiger partial charge >= 0.3 is 0 Å². The van der Waals surface area contributed by atoms with Crippen LogP contribution in [0.15, 0.2) is 24.3 Å². The van der Waals surface area contributed by atoms with Gasteiger partial charge in [0.2, 0.25) is 10.0 Å². The van der Waals surface area contributed by atoms with Crippen LogP contribution in [0.2, 0.25) is 0 Å². The third-order valence-electron chi connectivity index (χ3n) is 2.77. The van der Waals surface area contributed by atoms with E-state index in [0.717, 1.165) is 10.6 Å². The van der Waals surface area contributed by atoms with E-state index in [1.54, 1.807) is 24.3 Å². The summed E-state index contributed by atoms with van der Waals surface area (Å²) < 4.78 is 23.5. The number of hydrazine groups is 1. The summed E-state index contributed by atoms with van der Waals surface area (Å²) in [6, 6.07) is 8.88. The van der Waals surface area contributed by atoms with Crippen molar-refractivity contribution in [2.45, 2.75) is 19.4 Å². The molecule has 1 heterocycles. The molecule has 6 nitrogen and oxygen atoms in total. The number of unbranched alkanes of at least 4 members (excludes halogenated alkanes) is 1. The van der Waals surface area contributed by atoms with E-state index in [9.17, 15) is 13.2 Å². The Morgan fingerprint density at radius 3 is 2.79 bits per heavy atom. The van der Waals surface area contributed by atoms with E-state index in [-0.39, 0.29) is 31.0 Å². The smallest absolute Gasteiger partial charge is 0.268 e. The zero-order chi connectivity index (χ0) is 13.9. The fraction of sp³-hybridized carbons (Fsp3) is 0.333. The van der Waals surface area contributed by atoms with Crippen molar-refractivity contribution in [3.63, 3.8) is 0 Å². The SMILES string of the molecule is N#CCCCS(=O)(=O)NN1Cc2ccccc2C1=O. The monoisotopic (exact) mass is 279 g/mol. The van der Waals surface area contributed by atoms with Crippen molar-refractivity contribution >= 4 is 15.9 Å². The molecular formula is C12H13N3O3S. The van der Waals surface area contributed by atoms with Crippen molar-refractivity contribution in [1.29, 1.82) is 5.26 Å². The Kier molecular flexibility index (Phi) is 3.83. The first kappa shape index (κ1) is 13.5. The summed E-state index contributed by atoms with van der Waals surface area (Å²) in [6.07, 6.45) is 0.426. The van der Waals surface area contributed by atoms with Crippen LogP contribution in [-0.2, 0) is 16.6 Å². The summed E-state index contributed by atoms with van der Waals surface area (Å²) in [5, 5.41) is 9.47. The maximum absolute atomic E-state index is 12.0. The molecule has 0 aromatic heterocycles. The molecule has 0 bridgehead atoms. The van der Waals surface area contributed by atoms with Gasteiger partial charge in [0.15, 0.2) is 0 Å². The Balaban J connectivity index is 2.03. The summed E-state index contributed by atoms with van der Waals surface area (Å²) in [5.41, 5.74) is 1.31. The molecule has 1 aliphatic heterocycles. The zero-order valence-electron chi connectivity index (χ0n) is 10.2.